The molecule has 0 radical (unpaired) electrons. The molecule has 13 heteroatoms. The van der Waals surface area contributed by atoms with Gasteiger partial charge in [-0.2, -0.15) is 0 Å². The zero-order chi connectivity index (χ0) is 32.4. The van der Waals surface area contributed by atoms with Gasteiger partial charge in [-0.25, -0.2) is 4.79 Å². The molecule has 3 N–H and O–H groups in total. The Bertz CT molecular complexity index is 1330. The van der Waals surface area contributed by atoms with Crippen LogP contribution in [-0.4, -0.2) is 91.8 Å². The highest BCUT2D eigenvalue weighted by Gasteiger charge is 2.64. The number of rotatable bonds is 5. The van der Waals surface area contributed by atoms with Gasteiger partial charge in [-0.3, -0.25) is 14.9 Å². The first-order valence-electron chi connectivity index (χ1n) is 14.5. The van der Waals surface area contributed by atoms with Crippen molar-refractivity contribution in [1.29, 1.82) is 0 Å². The van der Waals surface area contributed by atoms with Gasteiger partial charge in [0.25, 0.3) is 0 Å². The first-order valence-corrected chi connectivity index (χ1v) is 14.9. The average molecular weight is 637 g/mol. The zero-order valence-electron chi connectivity index (χ0n) is 25.8. The number of ether oxygens (including phenoxy) is 5. The highest BCUT2D eigenvalue weighted by atomic mass is 35.5. The third kappa shape index (κ3) is 6.89. The smallest absolute Gasteiger partial charge is 0.409 e. The van der Waals surface area contributed by atoms with Crippen molar-refractivity contribution in [2.45, 2.75) is 82.2 Å². The number of aliphatic hydroxyl groups is 2. The molecule has 2 saturated heterocycles. The molecule has 4 bridgehead atoms. The lowest BCUT2D eigenvalue weighted by atomic mass is 9.83. The van der Waals surface area contributed by atoms with Gasteiger partial charge in [0.2, 0.25) is 5.91 Å². The fraction of sp³-hybridized carbons (Fsp3) is 0.581. The number of amides is 2. The van der Waals surface area contributed by atoms with E-state index >= 15 is 0 Å². The number of allylic oxidation sites excluding steroid dienone is 2. The molecule has 0 saturated carbocycles. The van der Waals surface area contributed by atoms with E-state index in [4.69, 9.17) is 35.3 Å². The number of benzene rings is 1. The number of anilines is 1. The first kappa shape index (κ1) is 33.7. The van der Waals surface area contributed by atoms with Crippen LogP contribution < -0.4 is 15.0 Å². The third-order valence-corrected chi connectivity index (χ3v) is 9.00. The maximum atomic E-state index is 13.7. The Kier molecular flexibility index (Phi) is 10.3. The highest BCUT2D eigenvalue weighted by molar-refractivity contribution is 6.35. The number of epoxide rings is 1. The van der Waals surface area contributed by atoms with E-state index in [-0.39, 0.29) is 37.3 Å². The maximum Gasteiger partial charge on any atom is 0.409 e. The van der Waals surface area contributed by atoms with Crippen LogP contribution in [0.2, 0.25) is 5.02 Å². The van der Waals surface area contributed by atoms with E-state index in [9.17, 15) is 24.6 Å². The number of fused-ring (bicyclic) bond motifs is 5. The summed E-state index contributed by atoms with van der Waals surface area (Å²) in [4.78, 5) is 40.2. The molecule has 2 amide bonds. The summed E-state index contributed by atoms with van der Waals surface area (Å²) in [5.41, 5.74) is -1.23. The number of alkyl carbamates (subject to hydrolysis) is 1. The summed E-state index contributed by atoms with van der Waals surface area (Å²) in [6.07, 6.45) is 0.838. The number of methoxy groups -OCH3 is 2. The first-order chi connectivity index (χ1) is 20.8. The largest absolute Gasteiger partial charge is 0.495 e. The number of nitrogens with zero attached hydrogens (tertiary/aromatic N) is 1. The molecule has 2 fully saturated rings. The van der Waals surface area contributed by atoms with Gasteiger partial charge >= 0.3 is 12.1 Å². The van der Waals surface area contributed by atoms with E-state index in [1.54, 1.807) is 58.2 Å². The van der Waals surface area contributed by atoms with Crippen molar-refractivity contribution in [3.8, 4) is 5.75 Å². The van der Waals surface area contributed by atoms with Crippen molar-refractivity contribution in [2.24, 2.45) is 5.92 Å². The lowest BCUT2D eigenvalue weighted by Crippen LogP contribution is -2.63. The summed E-state index contributed by atoms with van der Waals surface area (Å²) in [5, 5.41) is 24.4. The predicted molar refractivity (Wildman–Crippen MR) is 160 cm³/mol. The van der Waals surface area contributed by atoms with Crippen LogP contribution in [0.25, 0.3) is 0 Å². The lowest BCUT2D eigenvalue weighted by Gasteiger charge is -2.42. The van der Waals surface area contributed by atoms with E-state index in [0.29, 0.717) is 22.6 Å². The Morgan fingerprint density at radius 3 is 2.64 bits per heavy atom. The van der Waals surface area contributed by atoms with Crippen molar-refractivity contribution >= 4 is 35.3 Å². The number of halogens is 1. The molecule has 1 unspecified atom stereocenters. The topological polar surface area (TPSA) is 156 Å². The standard InChI is InChI=1S/C31H41ClN2O10/c1-7-26(37)43-24-14-25(36)34(4)20-12-19(13-21(40-5)27(20)32)11-18(16-35)9-8-10-23(41-6)31(39)15-22(42-29(38)33-31)17(2)28-30(24,3)44-28/h8-10,12-13,17,22-24,28,35,39H,7,11,14-16H2,1-6H3,(H,33,38)/b10-8?,18-9+/t17-,22+,23-,24?,28+,30+,31+/m1/s1. The van der Waals surface area contributed by atoms with Crippen molar-refractivity contribution in [2.75, 3.05) is 32.8 Å². The van der Waals surface area contributed by atoms with Gasteiger partial charge < -0.3 is 38.8 Å². The van der Waals surface area contributed by atoms with Crippen LogP contribution in [0.3, 0.4) is 0 Å². The average Bonchev–Trinajstić information content (AvgIpc) is 3.69. The number of esters is 1. The minimum Gasteiger partial charge on any atom is -0.495 e. The molecule has 0 spiro atoms. The molecule has 1 aromatic rings. The van der Waals surface area contributed by atoms with Crippen molar-refractivity contribution in [3.05, 3.63) is 46.5 Å². The van der Waals surface area contributed by atoms with Crippen LogP contribution in [0.1, 0.15) is 45.6 Å². The Morgan fingerprint density at radius 1 is 1.27 bits per heavy atom. The lowest BCUT2D eigenvalue weighted by molar-refractivity contribution is -0.153. The fourth-order valence-corrected chi connectivity index (χ4v) is 6.18. The number of hydrogen-bond donors (Lipinski definition) is 3. The maximum absolute atomic E-state index is 13.7. The second-order valence-corrected chi connectivity index (χ2v) is 12.0. The summed E-state index contributed by atoms with van der Waals surface area (Å²) in [5.74, 6) is -1.03. The van der Waals surface area contributed by atoms with E-state index in [0.717, 1.165) is 0 Å². The van der Waals surface area contributed by atoms with Gasteiger partial charge in [0, 0.05) is 32.9 Å². The van der Waals surface area contributed by atoms with Gasteiger partial charge in [-0.1, -0.05) is 43.7 Å². The van der Waals surface area contributed by atoms with Crippen molar-refractivity contribution in [3.63, 3.8) is 0 Å². The number of aliphatic hydroxyl groups excluding tert-OH is 1. The van der Waals surface area contributed by atoms with Gasteiger partial charge in [0.15, 0.2) is 5.72 Å². The van der Waals surface area contributed by atoms with E-state index < -0.39 is 59.6 Å². The van der Waals surface area contributed by atoms with Crippen LogP contribution in [-0.2, 0) is 35.0 Å². The molecule has 7 atom stereocenters. The van der Waals surface area contributed by atoms with E-state index in [2.05, 4.69) is 5.32 Å². The Hall–Kier alpha value is -3.16. The van der Waals surface area contributed by atoms with Crippen LogP contribution in [0.15, 0.2) is 35.9 Å². The molecule has 0 aliphatic carbocycles. The minimum atomic E-state index is -1.83. The third-order valence-electron chi connectivity index (χ3n) is 8.62. The van der Waals surface area contributed by atoms with Crippen LogP contribution >= 0.6 is 11.6 Å². The number of hydrogen-bond acceptors (Lipinski definition) is 10. The van der Waals surface area contributed by atoms with Crippen molar-refractivity contribution in [1.82, 2.24) is 5.32 Å². The molecular formula is C31H41ClN2O10. The normalized spacial score (nSPS) is 33.8. The van der Waals surface area contributed by atoms with Gasteiger partial charge in [0.05, 0.1) is 31.9 Å². The van der Waals surface area contributed by atoms with Gasteiger partial charge in [0.1, 0.15) is 34.7 Å². The molecule has 1 aromatic carbocycles. The summed E-state index contributed by atoms with van der Waals surface area (Å²) >= 11 is 6.65. The molecule has 0 aromatic heterocycles. The molecule has 44 heavy (non-hydrogen) atoms. The molecule has 4 rings (SSSR count). The minimum absolute atomic E-state index is 0.0412. The molecule has 242 valence electrons. The summed E-state index contributed by atoms with van der Waals surface area (Å²) in [6, 6.07) is 3.45. The SMILES string of the molecule is CCC(=O)OC1CC(=O)N(C)c2cc(cc(OC)c2Cl)C/C(CO)=C\C=C[C@@H](OC)[C@@]2(O)C[C@H](OC(=O)N2)[C@@H](C)[C@@H]2O[C@@]12C. The Balaban J connectivity index is 1.81. The summed E-state index contributed by atoms with van der Waals surface area (Å²) in [7, 11) is 4.43. The Labute approximate surface area is 261 Å². The van der Waals surface area contributed by atoms with Crippen LogP contribution in [0, 0.1) is 5.92 Å². The zero-order valence-corrected chi connectivity index (χ0v) is 26.6. The summed E-state index contributed by atoms with van der Waals surface area (Å²) in [6.45, 7) is 4.92. The molecule has 3 heterocycles. The number of carbonyl (C=O) groups is 3. The highest BCUT2D eigenvalue weighted by Crippen LogP contribution is 2.49. The Morgan fingerprint density at radius 2 is 2.00 bits per heavy atom. The van der Waals surface area contributed by atoms with Crippen LogP contribution in [0.5, 0.6) is 5.75 Å². The predicted octanol–water partition coefficient (Wildman–Crippen LogP) is 3.05. The summed E-state index contributed by atoms with van der Waals surface area (Å²) < 4.78 is 28.5. The quantitative estimate of drug-likeness (QED) is 0.324. The molecule has 3 aliphatic heterocycles. The molecule has 12 nitrogen and oxygen atoms in total. The number of carbonyl (C=O) groups excluding carboxylic acids is 3. The van der Waals surface area contributed by atoms with Gasteiger partial charge in [-0.05, 0) is 36.6 Å². The van der Waals surface area contributed by atoms with E-state index in [1.807, 2.05) is 0 Å². The van der Waals surface area contributed by atoms with Crippen LogP contribution in [0.4, 0.5) is 10.5 Å². The van der Waals surface area contributed by atoms with Gasteiger partial charge in [-0.15, -0.1) is 0 Å². The molecular weight excluding hydrogens is 596 g/mol. The molecule has 3 aliphatic rings. The van der Waals surface area contributed by atoms with Crippen molar-refractivity contribution < 1.29 is 48.3 Å². The monoisotopic (exact) mass is 636 g/mol. The number of nitrogens with one attached hydrogen (secondary N) is 1. The second kappa shape index (κ2) is 13.5. The van der Waals surface area contributed by atoms with E-state index in [1.165, 1.54) is 19.1 Å². The second-order valence-electron chi connectivity index (χ2n) is 11.6. The fourth-order valence-electron chi connectivity index (χ4n) is 5.87.